The SMILES string of the molecule is CC(C)(C)[Si](F)(ON([Si](C)(C)C)[Si](C)(C)C)C(C)(C)C. The fraction of sp³-hybridized carbons (Fsp3) is 1.00. The highest BCUT2D eigenvalue weighted by molar-refractivity contribution is 6.90. The predicted octanol–water partition coefficient (Wildman–Crippen LogP) is 5.90. The van der Waals surface area contributed by atoms with E-state index < -0.39 is 35.2 Å². The quantitative estimate of drug-likeness (QED) is 0.359. The maximum atomic E-state index is 16.0. The average Bonchev–Trinajstić information content (AvgIpc) is 2.05. The first-order valence-corrected chi connectivity index (χ1v) is 16.2. The van der Waals surface area contributed by atoms with Crippen molar-refractivity contribution >= 4 is 25.1 Å². The van der Waals surface area contributed by atoms with Crippen molar-refractivity contribution in [3.8, 4) is 0 Å². The van der Waals surface area contributed by atoms with Gasteiger partial charge in [0.25, 0.3) is 0 Å². The molecule has 0 fully saturated rings. The van der Waals surface area contributed by atoms with E-state index >= 15 is 4.11 Å². The molecule has 6 heteroatoms. The van der Waals surface area contributed by atoms with Crippen LogP contribution in [-0.4, -0.2) is 29.5 Å². The third-order valence-corrected chi connectivity index (χ3v) is 14.7. The second kappa shape index (κ2) is 5.61. The van der Waals surface area contributed by atoms with Gasteiger partial charge >= 0.3 is 8.65 Å². The van der Waals surface area contributed by atoms with Gasteiger partial charge in [-0.1, -0.05) is 80.8 Å². The lowest BCUT2D eigenvalue weighted by Gasteiger charge is -2.51. The Bertz CT molecular complexity index is 306. The van der Waals surface area contributed by atoms with E-state index in [1.54, 1.807) is 0 Å². The molecule has 2 nitrogen and oxygen atoms in total. The Morgan fingerprint density at radius 1 is 0.700 bits per heavy atom. The molecule has 0 saturated carbocycles. The molecule has 0 heterocycles. The third-order valence-electron chi connectivity index (χ3n) is 3.36. The lowest BCUT2D eigenvalue weighted by atomic mass is 10.2. The van der Waals surface area contributed by atoms with Crippen molar-refractivity contribution in [2.45, 2.75) is 90.9 Å². The standard InChI is InChI=1S/C14H36FNOSi3/c1-13(2,3)20(15,14(4,5)6)17-16(18(7,8)9)19(10,11)12/h1-12H3. The van der Waals surface area contributed by atoms with E-state index in [4.69, 9.17) is 4.53 Å². The van der Waals surface area contributed by atoms with Gasteiger partial charge in [0.1, 0.15) is 16.5 Å². The lowest BCUT2D eigenvalue weighted by Crippen LogP contribution is -2.66. The number of rotatable bonds is 4. The maximum absolute atomic E-state index is 16.0. The van der Waals surface area contributed by atoms with Gasteiger partial charge in [-0.2, -0.15) is 0 Å². The Hall–Kier alpha value is 0.501. The van der Waals surface area contributed by atoms with Gasteiger partial charge in [-0.05, 0) is 0 Å². The smallest absolute Gasteiger partial charge is 0.318 e. The molecule has 0 aromatic rings. The first-order valence-electron chi connectivity index (χ1n) is 7.52. The van der Waals surface area contributed by atoms with Crippen LogP contribution in [0.2, 0.25) is 49.4 Å². The molecular weight excluding hydrogens is 301 g/mol. The number of hydrogen-bond donors (Lipinski definition) is 0. The number of halogens is 1. The summed E-state index contributed by atoms with van der Waals surface area (Å²) in [6.07, 6.45) is 0. The van der Waals surface area contributed by atoms with Crippen LogP contribution in [0.1, 0.15) is 41.5 Å². The van der Waals surface area contributed by atoms with Crippen LogP contribution in [0, 0.1) is 0 Å². The van der Waals surface area contributed by atoms with Crippen LogP contribution >= 0.6 is 0 Å². The maximum Gasteiger partial charge on any atom is 0.409 e. The molecule has 0 amide bonds. The summed E-state index contributed by atoms with van der Waals surface area (Å²) in [6, 6.07) is 0. The molecule has 0 N–H and O–H groups in total. The Morgan fingerprint density at radius 3 is 1.10 bits per heavy atom. The van der Waals surface area contributed by atoms with Crippen molar-refractivity contribution < 1.29 is 8.63 Å². The highest BCUT2D eigenvalue weighted by Crippen LogP contribution is 2.53. The molecule has 20 heavy (non-hydrogen) atoms. The number of hydrogen-bond acceptors (Lipinski definition) is 2. The van der Waals surface area contributed by atoms with Gasteiger partial charge in [0.15, 0.2) is 0 Å². The summed E-state index contributed by atoms with van der Waals surface area (Å²) in [6.45, 7) is 25.3. The van der Waals surface area contributed by atoms with Crippen LogP contribution < -0.4 is 0 Å². The molecule has 122 valence electrons. The summed E-state index contributed by atoms with van der Waals surface area (Å²) in [5, 5.41) is -0.883. The van der Waals surface area contributed by atoms with Gasteiger partial charge in [-0.15, -0.1) is 0 Å². The van der Waals surface area contributed by atoms with E-state index in [1.807, 2.05) is 41.5 Å². The molecule has 0 unspecified atom stereocenters. The highest BCUT2D eigenvalue weighted by Gasteiger charge is 2.61. The molecule has 0 bridgehead atoms. The second-order valence-electron chi connectivity index (χ2n) is 9.82. The van der Waals surface area contributed by atoms with Gasteiger partial charge < -0.3 is 4.53 Å². The van der Waals surface area contributed by atoms with Crippen molar-refractivity contribution in [3.05, 3.63) is 0 Å². The van der Waals surface area contributed by atoms with Gasteiger partial charge in [0.2, 0.25) is 0 Å². The molecule has 0 aliphatic carbocycles. The van der Waals surface area contributed by atoms with E-state index in [9.17, 15) is 0 Å². The first kappa shape index (κ1) is 20.5. The number of nitrogens with zero attached hydrogens (tertiary/aromatic N) is 1. The van der Waals surface area contributed by atoms with Gasteiger partial charge in [0, 0.05) is 10.1 Å². The minimum Gasteiger partial charge on any atom is -0.318 e. The summed E-state index contributed by atoms with van der Waals surface area (Å²) in [4.78, 5) is 0. The average molecular weight is 338 g/mol. The van der Waals surface area contributed by atoms with Crippen LogP contribution in [0.5, 0.6) is 0 Å². The van der Waals surface area contributed by atoms with E-state index in [0.29, 0.717) is 0 Å². The zero-order valence-corrected chi connectivity index (χ0v) is 18.7. The normalized spacial score (nSPS) is 15.9. The fourth-order valence-electron chi connectivity index (χ4n) is 2.80. The molecule has 0 radical (unpaired) electrons. The summed E-state index contributed by atoms with van der Waals surface area (Å²) >= 11 is 0. The van der Waals surface area contributed by atoms with Crippen LogP contribution in [0.25, 0.3) is 0 Å². The predicted molar refractivity (Wildman–Crippen MR) is 95.9 cm³/mol. The van der Waals surface area contributed by atoms with Crippen LogP contribution in [0.15, 0.2) is 0 Å². The van der Waals surface area contributed by atoms with Crippen LogP contribution in [-0.2, 0) is 4.53 Å². The molecule has 0 aromatic carbocycles. The largest absolute Gasteiger partial charge is 0.409 e. The van der Waals surface area contributed by atoms with E-state index in [0.717, 1.165) is 0 Å². The molecule has 0 saturated heterocycles. The van der Waals surface area contributed by atoms with Crippen molar-refractivity contribution in [3.63, 3.8) is 0 Å². The van der Waals surface area contributed by atoms with Crippen molar-refractivity contribution in [1.82, 2.24) is 4.39 Å². The topological polar surface area (TPSA) is 12.5 Å². The minimum absolute atomic E-state index is 0.442. The third kappa shape index (κ3) is 4.50. The van der Waals surface area contributed by atoms with Crippen molar-refractivity contribution in [2.75, 3.05) is 0 Å². The van der Waals surface area contributed by atoms with Gasteiger partial charge in [-0.3, -0.25) is 4.11 Å². The molecule has 0 rings (SSSR count). The molecular formula is C14H36FNOSi3. The summed E-state index contributed by atoms with van der Waals surface area (Å²) in [5.41, 5.74) is 0. The Labute approximate surface area is 129 Å². The summed E-state index contributed by atoms with van der Waals surface area (Å²) in [7, 11) is -6.88. The van der Waals surface area contributed by atoms with Crippen molar-refractivity contribution in [2.24, 2.45) is 0 Å². The monoisotopic (exact) mass is 337 g/mol. The minimum atomic E-state index is -3.44. The molecule has 0 aromatic heterocycles. The van der Waals surface area contributed by atoms with E-state index in [1.165, 1.54) is 0 Å². The second-order valence-corrected chi connectivity index (χ2v) is 24.1. The van der Waals surface area contributed by atoms with Crippen LogP contribution in [0.3, 0.4) is 0 Å². The van der Waals surface area contributed by atoms with E-state index in [-0.39, 0.29) is 0 Å². The van der Waals surface area contributed by atoms with Crippen molar-refractivity contribution in [1.29, 1.82) is 0 Å². The fourth-order valence-corrected chi connectivity index (χ4v) is 16.8. The Morgan fingerprint density at radius 2 is 0.950 bits per heavy atom. The first-order chi connectivity index (χ1) is 8.34. The highest BCUT2D eigenvalue weighted by atomic mass is 28.4. The zero-order valence-electron chi connectivity index (χ0n) is 15.7. The van der Waals surface area contributed by atoms with E-state index in [2.05, 4.69) is 43.7 Å². The molecule has 0 atom stereocenters. The molecule has 0 aliphatic heterocycles. The van der Waals surface area contributed by atoms with Gasteiger partial charge in [0.05, 0.1) is 0 Å². The molecule has 0 spiro atoms. The summed E-state index contributed by atoms with van der Waals surface area (Å²) < 4.78 is 24.5. The van der Waals surface area contributed by atoms with Gasteiger partial charge in [-0.25, -0.2) is 4.39 Å². The van der Waals surface area contributed by atoms with Crippen LogP contribution in [0.4, 0.5) is 4.11 Å². The molecule has 0 aliphatic rings. The zero-order chi connectivity index (χ0) is 16.8. The lowest BCUT2D eigenvalue weighted by molar-refractivity contribution is 0.0489. The summed E-state index contributed by atoms with van der Waals surface area (Å²) in [5.74, 6) is 0. The Kier molecular flexibility index (Phi) is 5.75. The Balaban J connectivity index is 5.80.